The summed E-state index contributed by atoms with van der Waals surface area (Å²) in [4.78, 5) is 29.5. The molecule has 132 valence electrons. The van der Waals surface area contributed by atoms with Gasteiger partial charge in [-0.05, 0) is 43.4 Å². The number of aromatic nitrogens is 1. The number of amides is 1. The second kappa shape index (κ2) is 8.01. The van der Waals surface area contributed by atoms with Crippen LogP contribution in [-0.2, 0) is 20.7 Å². The molecule has 1 saturated heterocycles. The zero-order chi connectivity index (χ0) is 17.6. The normalized spacial score (nSPS) is 17.3. The van der Waals surface area contributed by atoms with Gasteiger partial charge in [0.05, 0.1) is 7.11 Å². The predicted molar refractivity (Wildman–Crippen MR) is 95.9 cm³/mol. The molecule has 0 saturated carbocycles. The molecule has 0 radical (unpaired) electrons. The molecule has 0 spiro atoms. The van der Waals surface area contributed by atoms with Gasteiger partial charge in [-0.3, -0.25) is 4.79 Å². The van der Waals surface area contributed by atoms with Crippen molar-refractivity contribution >= 4 is 11.9 Å². The summed E-state index contributed by atoms with van der Waals surface area (Å²) < 4.78 is 4.85. The van der Waals surface area contributed by atoms with E-state index in [2.05, 4.69) is 17.1 Å². The van der Waals surface area contributed by atoms with E-state index < -0.39 is 6.04 Å². The van der Waals surface area contributed by atoms with E-state index in [4.69, 9.17) is 4.74 Å². The SMILES string of the molecule is COC(=O)[C@H]1CCCCN1C(=O)CCc1ccc(-c2ccccc2)[nH]1. The minimum absolute atomic E-state index is 0.0194. The Morgan fingerprint density at radius 1 is 1.16 bits per heavy atom. The maximum atomic E-state index is 12.6. The molecule has 1 aromatic carbocycles. The molecular weight excluding hydrogens is 316 g/mol. The monoisotopic (exact) mass is 340 g/mol. The maximum absolute atomic E-state index is 12.6. The largest absolute Gasteiger partial charge is 0.467 e. The second-order valence-electron chi connectivity index (χ2n) is 6.39. The number of nitrogens with one attached hydrogen (secondary N) is 1. The number of esters is 1. The third-order valence-electron chi connectivity index (χ3n) is 4.74. The third-order valence-corrected chi connectivity index (χ3v) is 4.74. The quantitative estimate of drug-likeness (QED) is 0.851. The van der Waals surface area contributed by atoms with Crippen LogP contribution in [0.15, 0.2) is 42.5 Å². The Morgan fingerprint density at radius 3 is 2.72 bits per heavy atom. The lowest BCUT2D eigenvalue weighted by Crippen LogP contribution is -2.48. The van der Waals surface area contributed by atoms with Crippen LogP contribution in [0.3, 0.4) is 0 Å². The zero-order valence-electron chi connectivity index (χ0n) is 14.5. The summed E-state index contributed by atoms with van der Waals surface area (Å²) in [6.07, 6.45) is 3.62. The van der Waals surface area contributed by atoms with E-state index in [1.165, 1.54) is 7.11 Å². The molecule has 0 bridgehead atoms. The molecule has 1 amide bonds. The highest BCUT2D eigenvalue weighted by Crippen LogP contribution is 2.21. The number of aromatic amines is 1. The van der Waals surface area contributed by atoms with Gasteiger partial charge in [-0.15, -0.1) is 0 Å². The summed E-state index contributed by atoms with van der Waals surface area (Å²) in [5.41, 5.74) is 3.20. The van der Waals surface area contributed by atoms with Crippen LogP contribution >= 0.6 is 0 Å². The Labute approximate surface area is 148 Å². The van der Waals surface area contributed by atoms with Crippen LogP contribution in [0, 0.1) is 0 Å². The standard InChI is InChI=1S/C20H24N2O3/c1-25-20(24)18-9-5-6-14-22(18)19(23)13-11-16-10-12-17(21-16)15-7-3-2-4-8-15/h2-4,7-8,10,12,18,21H,5-6,9,11,13-14H2,1H3/t18-/m1/s1. The molecule has 5 nitrogen and oxygen atoms in total. The van der Waals surface area contributed by atoms with Crippen LogP contribution in [0.25, 0.3) is 11.3 Å². The number of hydrogen-bond donors (Lipinski definition) is 1. The minimum atomic E-state index is -0.422. The number of carbonyl (C=O) groups excluding carboxylic acids is 2. The van der Waals surface area contributed by atoms with Gasteiger partial charge in [-0.2, -0.15) is 0 Å². The van der Waals surface area contributed by atoms with Crippen LogP contribution in [0.2, 0.25) is 0 Å². The summed E-state index contributed by atoms with van der Waals surface area (Å²) in [6.45, 7) is 0.637. The number of nitrogens with zero attached hydrogens (tertiary/aromatic N) is 1. The van der Waals surface area contributed by atoms with Crippen molar-refractivity contribution in [3.8, 4) is 11.3 Å². The van der Waals surface area contributed by atoms with Crippen molar-refractivity contribution in [3.63, 3.8) is 0 Å². The van der Waals surface area contributed by atoms with E-state index in [-0.39, 0.29) is 11.9 Å². The van der Waals surface area contributed by atoms with Crippen LogP contribution < -0.4 is 0 Å². The first-order chi connectivity index (χ1) is 12.2. The van der Waals surface area contributed by atoms with Crippen molar-refractivity contribution in [2.45, 2.75) is 38.1 Å². The zero-order valence-corrected chi connectivity index (χ0v) is 14.5. The van der Waals surface area contributed by atoms with Crippen molar-refractivity contribution < 1.29 is 14.3 Å². The minimum Gasteiger partial charge on any atom is -0.467 e. The maximum Gasteiger partial charge on any atom is 0.328 e. The summed E-state index contributed by atoms with van der Waals surface area (Å²) in [5.74, 6) is -0.287. The number of methoxy groups -OCH3 is 1. The molecule has 1 aliphatic rings. The Balaban J connectivity index is 1.60. The number of H-pyrrole nitrogens is 1. The molecule has 1 N–H and O–H groups in total. The van der Waals surface area contributed by atoms with Gasteiger partial charge in [0.15, 0.2) is 0 Å². The van der Waals surface area contributed by atoms with Crippen molar-refractivity contribution in [3.05, 3.63) is 48.2 Å². The van der Waals surface area contributed by atoms with Crippen LogP contribution in [0.1, 0.15) is 31.4 Å². The third kappa shape index (κ3) is 4.10. The average molecular weight is 340 g/mol. The predicted octanol–water partition coefficient (Wildman–Crippen LogP) is 3.17. The molecule has 25 heavy (non-hydrogen) atoms. The van der Waals surface area contributed by atoms with E-state index in [0.29, 0.717) is 25.8 Å². The van der Waals surface area contributed by atoms with E-state index in [1.807, 2.05) is 30.3 Å². The number of aryl methyl sites for hydroxylation is 1. The van der Waals surface area contributed by atoms with E-state index in [9.17, 15) is 9.59 Å². The molecule has 0 unspecified atom stereocenters. The van der Waals surface area contributed by atoms with E-state index in [1.54, 1.807) is 4.90 Å². The van der Waals surface area contributed by atoms with Crippen molar-refractivity contribution in [2.75, 3.05) is 13.7 Å². The first kappa shape index (κ1) is 17.3. The number of rotatable bonds is 5. The highest BCUT2D eigenvalue weighted by molar-refractivity contribution is 5.84. The highest BCUT2D eigenvalue weighted by atomic mass is 16.5. The van der Waals surface area contributed by atoms with E-state index in [0.717, 1.165) is 29.8 Å². The number of benzene rings is 1. The van der Waals surface area contributed by atoms with Gasteiger partial charge >= 0.3 is 5.97 Å². The average Bonchev–Trinajstić information content (AvgIpc) is 3.15. The molecule has 1 atom stereocenters. The summed E-state index contributed by atoms with van der Waals surface area (Å²) >= 11 is 0. The summed E-state index contributed by atoms with van der Waals surface area (Å²) in [6, 6.07) is 13.7. The second-order valence-corrected chi connectivity index (χ2v) is 6.39. The summed E-state index contributed by atoms with van der Waals surface area (Å²) in [5, 5.41) is 0. The molecule has 1 aromatic heterocycles. The van der Waals surface area contributed by atoms with Crippen LogP contribution in [0.5, 0.6) is 0 Å². The fraction of sp³-hybridized carbons (Fsp3) is 0.400. The van der Waals surface area contributed by atoms with Crippen molar-refractivity contribution in [1.82, 2.24) is 9.88 Å². The van der Waals surface area contributed by atoms with Gasteiger partial charge in [-0.1, -0.05) is 30.3 Å². The lowest BCUT2D eigenvalue weighted by atomic mass is 10.0. The summed E-state index contributed by atoms with van der Waals surface area (Å²) in [7, 11) is 1.38. The fourth-order valence-corrected chi connectivity index (χ4v) is 3.37. The number of ether oxygens (including phenoxy) is 1. The van der Waals surface area contributed by atoms with Crippen LogP contribution in [-0.4, -0.2) is 41.5 Å². The van der Waals surface area contributed by atoms with Gasteiger partial charge in [0, 0.05) is 24.4 Å². The first-order valence-electron chi connectivity index (χ1n) is 8.79. The Morgan fingerprint density at radius 2 is 1.96 bits per heavy atom. The molecule has 0 aliphatic carbocycles. The molecule has 5 heteroatoms. The van der Waals surface area contributed by atoms with Gasteiger partial charge in [0.2, 0.25) is 5.91 Å². The number of hydrogen-bond acceptors (Lipinski definition) is 3. The Hall–Kier alpha value is -2.56. The van der Waals surface area contributed by atoms with Gasteiger partial charge in [0.1, 0.15) is 6.04 Å². The highest BCUT2D eigenvalue weighted by Gasteiger charge is 2.32. The first-order valence-corrected chi connectivity index (χ1v) is 8.79. The van der Waals surface area contributed by atoms with Gasteiger partial charge in [-0.25, -0.2) is 4.79 Å². The fourth-order valence-electron chi connectivity index (χ4n) is 3.37. The molecule has 1 fully saturated rings. The number of piperidine rings is 1. The number of carbonyl (C=O) groups is 2. The Kier molecular flexibility index (Phi) is 5.53. The number of likely N-dealkylation sites (tertiary alicyclic amines) is 1. The molecule has 3 rings (SSSR count). The lowest BCUT2D eigenvalue weighted by Gasteiger charge is -2.33. The molecule has 2 aromatic rings. The van der Waals surface area contributed by atoms with Crippen LogP contribution in [0.4, 0.5) is 0 Å². The van der Waals surface area contributed by atoms with E-state index >= 15 is 0 Å². The smallest absolute Gasteiger partial charge is 0.328 e. The van der Waals surface area contributed by atoms with Gasteiger partial charge in [0.25, 0.3) is 0 Å². The molecule has 2 heterocycles. The Bertz CT molecular complexity index is 724. The topological polar surface area (TPSA) is 62.4 Å². The lowest BCUT2D eigenvalue weighted by molar-refractivity contribution is -0.154. The van der Waals surface area contributed by atoms with Gasteiger partial charge < -0.3 is 14.6 Å². The van der Waals surface area contributed by atoms with Crippen molar-refractivity contribution in [1.29, 1.82) is 0 Å². The molecular formula is C20H24N2O3. The molecule has 1 aliphatic heterocycles. The van der Waals surface area contributed by atoms with Crippen molar-refractivity contribution in [2.24, 2.45) is 0 Å².